The average Bonchev–Trinajstić information content (AvgIpc) is 2.67. The van der Waals surface area contributed by atoms with Crippen LogP contribution in [-0.2, 0) is 14.8 Å². The molecule has 29 heavy (non-hydrogen) atoms. The Bertz CT molecular complexity index is 974. The van der Waals surface area contributed by atoms with Crippen LogP contribution >= 0.6 is 11.6 Å². The molecule has 1 amide bonds. The molecule has 0 aromatic heterocycles. The number of benzene rings is 2. The highest BCUT2D eigenvalue weighted by atomic mass is 35.5. The maximum atomic E-state index is 12.6. The van der Waals surface area contributed by atoms with Crippen molar-refractivity contribution >= 4 is 38.9 Å². The Morgan fingerprint density at radius 2 is 1.76 bits per heavy atom. The number of ether oxygens (including phenoxy) is 1. The predicted molar refractivity (Wildman–Crippen MR) is 116 cm³/mol. The van der Waals surface area contributed by atoms with Gasteiger partial charge in [-0.3, -0.25) is 9.10 Å². The van der Waals surface area contributed by atoms with Gasteiger partial charge in [0.15, 0.2) is 0 Å². The van der Waals surface area contributed by atoms with E-state index >= 15 is 0 Å². The Morgan fingerprint density at radius 3 is 2.28 bits per heavy atom. The van der Waals surface area contributed by atoms with Crippen LogP contribution in [0, 0.1) is 0 Å². The number of carbonyl (C=O) groups excluding carboxylic acids is 1. The molecule has 0 saturated carbocycles. The number of nitrogens with zero attached hydrogens (tertiary/aromatic N) is 2. The molecule has 1 N–H and O–H groups in total. The van der Waals surface area contributed by atoms with E-state index in [0.29, 0.717) is 28.8 Å². The molecule has 0 radical (unpaired) electrons. The number of hydrogen-bond acceptors (Lipinski definition) is 5. The van der Waals surface area contributed by atoms with Gasteiger partial charge in [0.2, 0.25) is 10.0 Å². The highest BCUT2D eigenvalue weighted by Crippen LogP contribution is 2.24. The molecular weight excluding hydrogens is 414 g/mol. The van der Waals surface area contributed by atoms with Crippen LogP contribution in [0.2, 0.25) is 5.02 Å². The standard InChI is InChI=1S/C20H24ClN3O4S/c1-5-28-19-12-10-18(11-13-19)24(29(4,26)27)15(3)20(25)23-22-14(2)16-6-8-17(21)9-7-16/h6-13,15H,5H2,1-4H3,(H,23,25)/b22-14-/t15-/m1/s1. The lowest BCUT2D eigenvalue weighted by Crippen LogP contribution is -2.46. The Kier molecular flexibility index (Phi) is 7.64. The SMILES string of the molecule is CCOc1ccc(N([C@H](C)C(=O)N/N=C(/C)c2ccc(Cl)cc2)S(C)(=O)=O)cc1. The Balaban J connectivity index is 2.20. The second kappa shape index (κ2) is 9.76. The van der Waals surface area contributed by atoms with Crippen molar-refractivity contribution in [2.75, 3.05) is 17.2 Å². The molecule has 0 aliphatic carbocycles. The summed E-state index contributed by atoms with van der Waals surface area (Å²) in [5.74, 6) is 0.0580. The Labute approximate surface area is 176 Å². The van der Waals surface area contributed by atoms with Crippen LogP contribution in [0.4, 0.5) is 5.69 Å². The molecule has 0 unspecified atom stereocenters. The van der Waals surface area contributed by atoms with E-state index in [1.54, 1.807) is 55.5 Å². The maximum Gasteiger partial charge on any atom is 0.263 e. The van der Waals surface area contributed by atoms with Crippen molar-refractivity contribution in [1.82, 2.24) is 5.43 Å². The first-order chi connectivity index (χ1) is 13.6. The van der Waals surface area contributed by atoms with Crippen LogP contribution < -0.4 is 14.5 Å². The Morgan fingerprint density at radius 1 is 1.17 bits per heavy atom. The van der Waals surface area contributed by atoms with Gasteiger partial charge in [0.25, 0.3) is 5.91 Å². The number of hydrazone groups is 1. The molecule has 0 heterocycles. The van der Waals surface area contributed by atoms with E-state index in [0.717, 1.165) is 16.1 Å². The molecule has 7 nitrogen and oxygen atoms in total. The zero-order chi connectivity index (χ0) is 21.6. The summed E-state index contributed by atoms with van der Waals surface area (Å²) in [6.45, 7) is 5.59. The highest BCUT2D eigenvalue weighted by Gasteiger charge is 2.29. The van der Waals surface area contributed by atoms with Crippen LogP contribution in [0.15, 0.2) is 53.6 Å². The maximum absolute atomic E-state index is 12.6. The average molecular weight is 438 g/mol. The van der Waals surface area contributed by atoms with Crippen LogP contribution in [-0.4, -0.2) is 38.9 Å². The van der Waals surface area contributed by atoms with Crippen molar-refractivity contribution in [2.45, 2.75) is 26.8 Å². The fourth-order valence-corrected chi connectivity index (χ4v) is 3.95. The number of halogens is 1. The van der Waals surface area contributed by atoms with Gasteiger partial charge in [-0.15, -0.1) is 0 Å². The normalized spacial score (nSPS) is 12.9. The first kappa shape index (κ1) is 22.7. The van der Waals surface area contributed by atoms with Gasteiger partial charge in [-0.05, 0) is 62.7 Å². The molecule has 0 bridgehead atoms. The zero-order valence-corrected chi connectivity index (χ0v) is 18.3. The molecule has 0 spiro atoms. The van der Waals surface area contributed by atoms with E-state index in [2.05, 4.69) is 10.5 Å². The second-order valence-corrected chi connectivity index (χ2v) is 8.64. The largest absolute Gasteiger partial charge is 0.494 e. The number of amides is 1. The number of hydrogen-bond donors (Lipinski definition) is 1. The highest BCUT2D eigenvalue weighted by molar-refractivity contribution is 7.92. The number of carbonyl (C=O) groups is 1. The van der Waals surface area contributed by atoms with Crippen LogP contribution in [0.1, 0.15) is 26.3 Å². The third-order valence-corrected chi connectivity index (χ3v) is 5.58. The topological polar surface area (TPSA) is 88.1 Å². The van der Waals surface area contributed by atoms with Gasteiger partial charge in [-0.25, -0.2) is 13.8 Å². The van der Waals surface area contributed by atoms with Gasteiger partial charge < -0.3 is 4.74 Å². The molecule has 0 aliphatic heterocycles. The van der Waals surface area contributed by atoms with Crippen molar-refractivity contribution in [3.05, 3.63) is 59.1 Å². The van der Waals surface area contributed by atoms with Crippen LogP contribution in [0.5, 0.6) is 5.75 Å². The number of rotatable bonds is 8. The number of nitrogens with one attached hydrogen (secondary N) is 1. The first-order valence-electron chi connectivity index (χ1n) is 8.95. The molecule has 0 aliphatic rings. The van der Waals surface area contributed by atoms with Crippen LogP contribution in [0.25, 0.3) is 0 Å². The predicted octanol–water partition coefficient (Wildman–Crippen LogP) is 3.43. The van der Waals surface area contributed by atoms with E-state index < -0.39 is 22.0 Å². The van der Waals surface area contributed by atoms with Crippen molar-refractivity contribution in [1.29, 1.82) is 0 Å². The third kappa shape index (κ3) is 6.20. The second-order valence-electron chi connectivity index (χ2n) is 6.34. The minimum absolute atomic E-state index is 0.358. The Hall–Kier alpha value is -2.58. The minimum Gasteiger partial charge on any atom is -0.494 e. The van der Waals surface area contributed by atoms with Gasteiger partial charge in [-0.2, -0.15) is 5.10 Å². The number of anilines is 1. The molecule has 9 heteroatoms. The first-order valence-corrected chi connectivity index (χ1v) is 11.2. The summed E-state index contributed by atoms with van der Waals surface area (Å²) < 4.78 is 31.1. The summed E-state index contributed by atoms with van der Waals surface area (Å²) in [7, 11) is -3.71. The van der Waals surface area contributed by atoms with Crippen LogP contribution in [0.3, 0.4) is 0 Å². The van der Waals surface area contributed by atoms with Gasteiger partial charge in [0.05, 0.1) is 24.3 Å². The van der Waals surface area contributed by atoms with E-state index in [4.69, 9.17) is 16.3 Å². The fourth-order valence-electron chi connectivity index (χ4n) is 2.65. The molecule has 0 fully saturated rings. The van der Waals surface area contributed by atoms with Crippen molar-refractivity contribution in [3.63, 3.8) is 0 Å². The van der Waals surface area contributed by atoms with Gasteiger partial charge in [-0.1, -0.05) is 23.7 Å². The van der Waals surface area contributed by atoms with Crippen molar-refractivity contribution in [3.8, 4) is 5.75 Å². The summed E-state index contributed by atoms with van der Waals surface area (Å²) in [6.07, 6.45) is 1.05. The van der Waals surface area contributed by atoms with Gasteiger partial charge in [0, 0.05) is 5.02 Å². The van der Waals surface area contributed by atoms with E-state index in [9.17, 15) is 13.2 Å². The fraction of sp³-hybridized carbons (Fsp3) is 0.300. The summed E-state index contributed by atoms with van der Waals surface area (Å²) in [6, 6.07) is 12.5. The molecule has 156 valence electrons. The lowest BCUT2D eigenvalue weighted by molar-refractivity contribution is -0.121. The lowest BCUT2D eigenvalue weighted by Gasteiger charge is -2.27. The number of sulfonamides is 1. The molecule has 2 rings (SSSR count). The monoisotopic (exact) mass is 437 g/mol. The van der Waals surface area contributed by atoms with Gasteiger partial charge in [0.1, 0.15) is 11.8 Å². The molecule has 2 aromatic rings. The molecule has 2 aromatic carbocycles. The van der Waals surface area contributed by atoms with E-state index in [-0.39, 0.29) is 0 Å². The molecule has 0 saturated heterocycles. The smallest absolute Gasteiger partial charge is 0.263 e. The van der Waals surface area contributed by atoms with E-state index in [1.165, 1.54) is 6.92 Å². The summed E-state index contributed by atoms with van der Waals surface area (Å²) >= 11 is 5.87. The van der Waals surface area contributed by atoms with Gasteiger partial charge >= 0.3 is 0 Å². The zero-order valence-electron chi connectivity index (χ0n) is 16.7. The third-order valence-electron chi connectivity index (χ3n) is 4.09. The van der Waals surface area contributed by atoms with Crippen molar-refractivity contribution < 1.29 is 17.9 Å². The summed E-state index contributed by atoms with van der Waals surface area (Å²) in [5.41, 5.74) is 4.14. The summed E-state index contributed by atoms with van der Waals surface area (Å²) in [4.78, 5) is 12.6. The minimum atomic E-state index is -3.71. The molecule has 1 atom stereocenters. The summed E-state index contributed by atoms with van der Waals surface area (Å²) in [5, 5.41) is 4.67. The molecular formula is C20H24ClN3O4S. The quantitative estimate of drug-likeness (QED) is 0.506. The lowest BCUT2D eigenvalue weighted by atomic mass is 10.1. The van der Waals surface area contributed by atoms with E-state index in [1.807, 2.05) is 6.92 Å². The van der Waals surface area contributed by atoms with Crippen molar-refractivity contribution in [2.24, 2.45) is 5.10 Å².